The van der Waals surface area contributed by atoms with E-state index >= 15 is 0 Å². The average Bonchev–Trinajstić information content (AvgIpc) is 3.20. The molecule has 2 N–H and O–H groups in total. The van der Waals surface area contributed by atoms with E-state index in [9.17, 15) is 10.2 Å². The van der Waals surface area contributed by atoms with Crippen LogP contribution in [0.25, 0.3) is 0 Å². The van der Waals surface area contributed by atoms with Crippen molar-refractivity contribution >= 4 is 0 Å². The highest BCUT2D eigenvalue weighted by atomic mass is 17.2. The van der Waals surface area contributed by atoms with Gasteiger partial charge in [0.05, 0.1) is 31.5 Å². The number of ether oxygens (including phenoxy) is 2. The van der Waals surface area contributed by atoms with E-state index in [1.807, 2.05) is 0 Å². The Labute approximate surface area is 245 Å². The summed E-state index contributed by atoms with van der Waals surface area (Å²) in [7, 11) is 0. The molecule has 5 fully saturated rings. The number of hydrogen-bond acceptors (Lipinski definition) is 6. The lowest BCUT2D eigenvalue weighted by atomic mass is 9.50. The Balaban J connectivity index is 1.28. The van der Waals surface area contributed by atoms with Crippen molar-refractivity contribution in [3.05, 3.63) is 46.5 Å². The minimum Gasteiger partial charge on any atom is -0.393 e. The minimum atomic E-state index is -0.872. The van der Waals surface area contributed by atoms with Crippen LogP contribution in [-0.4, -0.2) is 47.3 Å². The van der Waals surface area contributed by atoms with Crippen molar-refractivity contribution in [2.45, 2.75) is 122 Å². The molecule has 2 heterocycles. The van der Waals surface area contributed by atoms with Crippen molar-refractivity contribution < 1.29 is 29.5 Å². The molecule has 1 aromatic carbocycles. The summed E-state index contributed by atoms with van der Waals surface area (Å²) in [5.74, 6) is 1.01. The Morgan fingerprint density at radius 3 is 2.37 bits per heavy atom. The van der Waals surface area contributed by atoms with Crippen molar-refractivity contribution in [3.63, 3.8) is 0 Å². The average molecular weight is 567 g/mol. The first-order valence-electron chi connectivity index (χ1n) is 16.1. The van der Waals surface area contributed by atoms with Gasteiger partial charge in [-0.05, 0) is 85.2 Å². The molecule has 1 spiro atoms. The summed E-state index contributed by atoms with van der Waals surface area (Å²) >= 11 is 0. The fourth-order valence-electron chi connectivity index (χ4n) is 9.96. The van der Waals surface area contributed by atoms with E-state index in [2.05, 4.69) is 58.9 Å². The molecular weight excluding hydrogens is 516 g/mol. The second-order valence-corrected chi connectivity index (χ2v) is 16.4. The number of allylic oxidation sites excluding steroid dienone is 1. The zero-order valence-corrected chi connectivity index (χ0v) is 25.7. The second kappa shape index (κ2) is 9.61. The third-order valence-corrected chi connectivity index (χ3v) is 11.8. The molecule has 0 aromatic heterocycles. The van der Waals surface area contributed by atoms with Crippen LogP contribution >= 0.6 is 0 Å². The Morgan fingerprint density at radius 1 is 0.854 bits per heavy atom. The molecule has 41 heavy (non-hydrogen) atoms. The highest BCUT2D eigenvalue weighted by Crippen LogP contribution is 2.66. The van der Waals surface area contributed by atoms with Crippen LogP contribution in [-0.2, 0) is 19.2 Å². The SMILES string of the molecule is CC1(C)COC(c2cccc([C@H]3C[C@]4(C)[C@@H](O)CC[C@H]4[C@@H]4CC[C@@]5(O)CC6(CCC5=C43)CC(C)(C)COO6)c2)OC1. The maximum Gasteiger partial charge on any atom is 0.183 e. The van der Waals surface area contributed by atoms with Gasteiger partial charge in [0.15, 0.2) is 6.29 Å². The lowest BCUT2D eigenvalue weighted by molar-refractivity contribution is -0.414. The van der Waals surface area contributed by atoms with Gasteiger partial charge >= 0.3 is 0 Å². The molecule has 7 rings (SSSR count). The minimum absolute atomic E-state index is 0.0204. The molecule has 4 aliphatic carbocycles. The predicted molar refractivity (Wildman–Crippen MR) is 156 cm³/mol. The molecule has 6 nitrogen and oxygen atoms in total. The highest BCUT2D eigenvalue weighted by molar-refractivity contribution is 5.44. The normalized spacial score (nSPS) is 43.9. The van der Waals surface area contributed by atoms with Crippen LogP contribution in [0.1, 0.15) is 116 Å². The van der Waals surface area contributed by atoms with Gasteiger partial charge in [0.2, 0.25) is 0 Å². The fourth-order valence-corrected chi connectivity index (χ4v) is 9.96. The Morgan fingerprint density at radius 2 is 1.61 bits per heavy atom. The Hall–Kier alpha value is -1.28. The zero-order chi connectivity index (χ0) is 28.8. The molecule has 7 atom stereocenters. The molecule has 6 heteroatoms. The highest BCUT2D eigenvalue weighted by Gasteiger charge is 2.60. The van der Waals surface area contributed by atoms with E-state index in [1.54, 1.807) is 0 Å². The van der Waals surface area contributed by atoms with Gasteiger partial charge in [0, 0.05) is 23.3 Å². The largest absolute Gasteiger partial charge is 0.393 e. The van der Waals surface area contributed by atoms with Gasteiger partial charge in [-0.25, -0.2) is 9.78 Å². The molecule has 1 unspecified atom stereocenters. The van der Waals surface area contributed by atoms with Gasteiger partial charge in [-0.1, -0.05) is 64.5 Å². The number of rotatable bonds is 2. The van der Waals surface area contributed by atoms with E-state index < -0.39 is 11.2 Å². The van der Waals surface area contributed by atoms with Crippen LogP contribution in [0.5, 0.6) is 0 Å². The molecule has 0 amide bonds. The first-order valence-corrected chi connectivity index (χ1v) is 16.1. The monoisotopic (exact) mass is 566 g/mol. The van der Waals surface area contributed by atoms with E-state index in [-0.39, 0.29) is 34.6 Å². The van der Waals surface area contributed by atoms with Crippen LogP contribution in [0.4, 0.5) is 0 Å². The van der Waals surface area contributed by atoms with E-state index in [4.69, 9.17) is 19.2 Å². The first kappa shape index (κ1) is 28.5. The third-order valence-electron chi connectivity index (χ3n) is 11.8. The van der Waals surface area contributed by atoms with Gasteiger partial charge in [-0.3, -0.25) is 0 Å². The summed E-state index contributed by atoms with van der Waals surface area (Å²) in [6, 6.07) is 8.78. The maximum atomic E-state index is 12.5. The van der Waals surface area contributed by atoms with E-state index in [1.165, 1.54) is 16.7 Å². The summed E-state index contributed by atoms with van der Waals surface area (Å²) in [5.41, 5.74) is 3.67. The third kappa shape index (κ3) is 4.76. The molecule has 6 aliphatic rings. The van der Waals surface area contributed by atoms with Crippen LogP contribution in [0.15, 0.2) is 35.4 Å². The van der Waals surface area contributed by atoms with Gasteiger partial charge in [0.25, 0.3) is 0 Å². The number of benzene rings is 1. The van der Waals surface area contributed by atoms with Gasteiger partial charge in [-0.15, -0.1) is 0 Å². The van der Waals surface area contributed by atoms with Gasteiger partial charge in [0.1, 0.15) is 5.60 Å². The fraction of sp³-hybridized carbons (Fsp3) is 0.771. The first-order chi connectivity index (χ1) is 19.3. The van der Waals surface area contributed by atoms with Crippen LogP contribution in [0, 0.1) is 28.1 Å². The summed E-state index contributed by atoms with van der Waals surface area (Å²) < 4.78 is 12.4. The van der Waals surface area contributed by atoms with Crippen molar-refractivity contribution in [3.8, 4) is 0 Å². The number of fused-ring (bicyclic) bond motifs is 4. The molecule has 2 aliphatic heterocycles. The van der Waals surface area contributed by atoms with Crippen molar-refractivity contribution in [1.29, 1.82) is 0 Å². The molecule has 0 radical (unpaired) electrons. The molecule has 2 saturated heterocycles. The molecule has 3 saturated carbocycles. The Kier molecular flexibility index (Phi) is 6.68. The Bertz CT molecular complexity index is 1210. The number of aliphatic hydroxyl groups is 2. The molecular formula is C35H50O6. The van der Waals surface area contributed by atoms with Crippen molar-refractivity contribution in [2.75, 3.05) is 19.8 Å². The van der Waals surface area contributed by atoms with Crippen molar-refractivity contribution in [1.82, 2.24) is 0 Å². The second-order valence-electron chi connectivity index (χ2n) is 16.4. The lowest BCUT2D eigenvalue weighted by Gasteiger charge is -2.57. The summed E-state index contributed by atoms with van der Waals surface area (Å²) in [6.07, 6.45) is 7.17. The predicted octanol–water partition coefficient (Wildman–Crippen LogP) is 6.76. The molecule has 226 valence electrons. The van der Waals surface area contributed by atoms with E-state index in [0.717, 1.165) is 56.9 Å². The quantitative estimate of drug-likeness (QED) is 0.304. The maximum absolute atomic E-state index is 12.5. The van der Waals surface area contributed by atoms with Crippen LogP contribution in [0.3, 0.4) is 0 Å². The van der Waals surface area contributed by atoms with E-state index in [0.29, 0.717) is 38.1 Å². The molecule has 0 bridgehead atoms. The van der Waals surface area contributed by atoms with Crippen LogP contribution in [0.2, 0.25) is 0 Å². The number of aliphatic hydroxyl groups excluding tert-OH is 1. The summed E-state index contributed by atoms with van der Waals surface area (Å²) in [6.45, 7) is 13.1. The summed E-state index contributed by atoms with van der Waals surface area (Å²) in [4.78, 5) is 11.7. The van der Waals surface area contributed by atoms with Crippen molar-refractivity contribution in [2.24, 2.45) is 28.1 Å². The zero-order valence-electron chi connectivity index (χ0n) is 25.7. The lowest BCUT2D eigenvalue weighted by Crippen LogP contribution is -2.56. The van der Waals surface area contributed by atoms with Gasteiger partial charge < -0.3 is 19.7 Å². The van der Waals surface area contributed by atoms with Crippen LogP contribution < -0.4 is 0 Å². The topological polar surface area (TPSA) is 77.4 Å². The molecule has 1 aromatic rings. The smallest absolute Gasteiger partial charge is 0.183 e. The van der Waals surface area contributed by atoms with Gasteiger partial charge in [-0.2, -0.15) is 0 Å². The number of hydrogen-bond donors (Lipinski definition) is 2. The summed E-state index contributed by atoms with van der Waals surface area (Å²) in [5, 5.41) is 23.8. The standard InChI is InChI=1S/C35H50O6/c1-31(2)17-34(41-40-21-31)13-12-27-29-24(11-14-35(27,37)18-34)26-9-10-28(36)33(26,5)16-25(29)22-7-6-8-23(15-22)30-38-19-32(3,4)20-39-30/h6-8,15,24-26,28,30,36-37H,9-14,16-21H2,1-5H3/t24-,25+,26-,28-,33-,34?,35+/m0/s1.